The van der Waals surface area contributed by atoms with Crippen molar-refractivity contribution in [2.45, 2.75) is 20.4 Å². The van der Waals surface area contributed by atoms with E-state index in [1.165, 1.54) is 0 Å². The molecule has 0 radical (unpaired) electrons. The molecule has 4 heterocycles. The van der Waals surface area contributed by atoms with Gasteiger partial charge in [0.1, 0.15) is 5.82 Å². The van der Waals surface area contributed by atoms with Gasteiger partial charge >= 0.3 is 0 Å². The lowest BCUT2D eigenvalue weighted by atomic mass is 10.1. The molecular formula is C17H17N7O2. The van der Waals surface area contributed by atoms with Crippen LogP contribution in [-0.4, -0.2) is 35.6 Å². The number of pyridine rings is 1. The first-order valence-electron chi connectivity index (χ1n) is 8.16. The topological polar surface area (TPSA) is 104 Å². The molecule has 0 atom stereocenters. The number of fused-ring (bicyclic) bond motifs is 1. The number of aromatic nitrogens is 6. The monoisotopic (exact) mass is 351 g/mol. The maximum absolute atomic E-state index is 13.0. The fourth-order valence-electron chi connectivity index (χ4n) is 2.85. The van der Waals surface area contributed by atoms with Crippen molar-refractivity contribution in [3.63, 3.8) is 0 Å². The molecule has 26 heavy (non-hydrogen) atoms. The smallest absolute Gasteiger partial charge is 0.259 e. The fraction of sp³-hybridized carbons (Fsp3) is 0.235. The van der Waals surface area contributed by atoms with E-state index in [1.807, 2.05) is 20.2 Å². The quantitative estimate of drug-likeness (QED) is 0.605. The van der Waals surface area contributed by atoms with Gasteiger partial charge in [-0.05, 0) is 19.9 Å². The minimum atomic E-state index is -0.274. The summed E-state index contributed by atoms with van der Waals surface area (Å²) in [6.45, 7) is 4.39. The molecule has 9 nitrogen and oxygen atoms in total. The number of amides is 1. The van der Waals surface area contributed by atoms with Crippen molar-refractivity contribution in [1.29, 1.82) is 0 Å². The first-order valence-corrected chi connectivity index (χ1v) is 8.16. The molecule has 0 saturated carbocycles. The Hall–Kier alpha value is -3.49. The highest BCUT2D eigenvalue weighted by molar-refractivity contribution is 6.12. The molecule has 1 amide bonds. The van der Waals surface area contributed by atoms with Crippen LogP contribution in [0.25, 0.3) is 22.4 Å². The summed E-state index contributed by atoms with van der Waals surface area (Å²) in [5.74, 6) is 0.350. The predicted molar refractivity (Wildman–Crippen MR) is 94.6 cm³/mol. The van der Waals surface area contributed by atoms with E-state index >= 15 is 0 Å². The molecule has 132 valence electrons. The largest absolute Gasteiger partial charge is 0.335 e. The summed E-state index contributed by atoms with van der Waals surface area (Å²) in [5.41, 5.74) is 2.75. The average molecular weight is 351 g/mol. The third kappa shape index (κ3) is 2.63. The van der Waals surface area contributed by atoms with Crippen molar-refractivity contribution >= 4 is 22.8 Å². The molecule has 0 aliphatic rings. The Morgan fingerprint density at radius 2 is 2.19 bits per heavy atom. The molecule has 0 spiro atoms. The Bertz CT molecular complexity index is 1110. The van der Waals surface area contributed by atoms with Crippen LogP contribution in [0.5, 0.6) is 0 Å². The number of hydrogen-bond donors (Lipinski definition) is 1. The van der Waals surface area contributed by atoms with Crippen molar-refractivity contribution in [3.05, 3.63) is 42.0 Å². The van der Waals surface area contributed by atoms with E-state index in [2.05, 4.69) is 25.7 Å². The molecule has 4 aromatic heterocycles. The van der Waals surface area contributed by atoms with E-state index in [-0.39, 0.29) is 5.91 Å². The summed E-state index contributed by atoms with van der Waals surface area (Å²) in [6.07, 6.45) is 5.16. The van der Waals surface area contributed by atoms with Gasteiger partial charge in [-0.1, -0.05) is 5.16 Å². The first kappa shape index (κ1) is 16.0. The maximum Gasteiger partial charge on any atom is 0.259 e. The van der Waals surface area contributed by atoms with Crippen LogP contribution >= 0.6 is 0 Å². The summed E-state index contributed by atoms with van der Waals surface area (Å²) >= 11 is 0. The van der Waals surface area contributed by atoms with E-state index in [1.54, 1.807) is 40.8 Å². The van der Waals surface area contributed by atoms with Gasteiger partial charge in [-0.3, -0.25) is 9.48 Å². The van der Waals surface area contributed by atoms with Crippen LogP contribution in [0, 0.1) is 6.92 Å². The highest BCUT2D eigenvalue weighted by atomic mass is 16.5. The first-order chi connectivity index (χ1) is 12.6. The minimum Gasteiger partial charge on any atom is -0.335 e. The number of carbonyl (C=O) groups is 1. The van der Waals surface area contributed by atoms with Gasteiger partial charge in [-0.15, -0.1) is 0 Å². The van der Waals surface area contributed by atoms with Gasteiger partial charge < -0.3 is 9.84 Å². The molecule has 0 fully saturated rings. The molecule has 0 saturated heterocycles. The highest BCUT2D eigenvalue weighted by Crippen LogP contribution is 2.27. The van der Waals surface area contributed by atoms with Gasteiger partial charge in [0.15, 0.2) is 0 Å². The molecule has 9 heteroatoms. The van der Waals surface area contributed by atoms with Crippen LogP contribution in [0.4, 0.5) is 5.82 Å². The number of hydrogen-bond acceptors (Lipinski definition) is 6. The standard InChI is InChI=1S/C17H17N7O2/c1-4-24-14(5-6-18-24)21-16(25)12-7-13(11-8-19-23(3)9-11)20-17-15(12)10(2)22-26-17/h5-9H,4H2,1-3H3,(H,21,25). The highest BCUT2D eigenvalue weighted by Gasteiger charge is 2.20. The minimum absolute atomic E-state index is 0.274. The number of aryl methyl sites for hydroxylation is 3. The van der Waals surface area contributed by atoms with E-state index in [0.29, 0.717) is 40.4 Å². The van der Waals surface area contributed by atoms with Gasteiger partial charge in [0.2, 0.25) is 0 Å². The van der Waals surface area contributed by atoms with Gasteiger partial charge in [-0.25, -0.2) is 9.67 Å². The van der Waals surface area contributed by atoms with E-state index in [9.17, 15) is 4.79 Å². The molecular weight excluding hydrogens is 334 g/mol. The Labute approximate surface area is 148 Å². The van der Waals surface area contributed by atoms with Crippen LogP contribution in [0.1, 0.15) is 23.0 Å². The summed E-state index contributed by atoms with van der Waals surface area (Å²) in [7, 11) is 1.82. The Morgan fingerprint density at radius 3 is 2.92 bits per heavy atom. The predicted octanol–water partition coefficient (Wildman–Crippen LogP) is 2.40. The Morgan fingerprint density at radius 1 is 1.35 bits per heavy atom. The average Bonchev–Trinajstić information content (AvgIpc) is 3.35. The van der Waals surface area contributed by atoms with Crippen molar-refractivity contribution < 1.29 is 9.32 Å². The molecule has 4 aromatic rings. The fourth-order valence-corrected chi connectivity index (χ4v) is 2.85. The number of anilines is 1. The van der Waals surface area contributed by atoms with Gasteiger partial charge in [0, 0.05) is 31.4 Å². The van der Waals surface area contributed by atoms with Gasteiger partial charge in [0.05, 0.1) is 34.7 Å². The van der Waals surface area contributed by atoms with Gasteiger partial charge in [0.25, 0.3) is 11.6 Å². The summed E-state index contributed by atoms with van der Waals surface area (Å²) < 4.78 is 8.68. The van der Waals surface area contributed by atoms with Gasteiger partial charge in [-0.2, -0.15) is 10.2 Å². The van der Waals surface area contributed by atoms with E-state index in [4.69, 9.17) is 4.52 Å². The zero-order valence-electron chi connectivity index (χ0n) is 14.6. The number of rotatable bonds is 4. The molecule has 0 aliphatic carbocycles. The Kier molecular flexibility index (Phi) is 3.76. The Balaban J connectivity index is 1.82. The van der Waals surface area contributed by atoms with Crippen LogP contribution in [0.3, 0.4) is 0 Å². The lowest BCUT2D eigenvalue weighted by molar-refractivity contribution is 0.102. The molecule has 0 aliphatic heterocycles. The SMILES string of the molecule is CCn1nccc1NC(=O)c1cc(-c2cnn(C)c2)nc2onc(C)c12. The lowest BCUT2D eigenvalue weighted by Crippen LogP contribution is -2.16. The van der Waals surface area contributed by atoms with Crippen LogP contribution < -0.4 is 5.32 Å². The molecule has 1 N–H and O–H groups in total. The zero-order valence-corrected chi connectivity index (χ0v) is 14.6. The molecule has 4 rings (SSSR count). The van der Waals surface area contributed by atoms with Crippen molar-refractivity contribution in [2.24, 2.45) is 7.05 Å². The summed E-state index contributed by atoms with van der Waals surface area (Å²) in [6, 6.07) is 3.48. The second-order valence-corrected chi connectivity index (χ2v) is 5.89. The zero-order chi connectivity index (χ0) is 18.3. The number of nitrogens with zero attached hydrogens (tertiary/aromatic N) is 6. The molecule has 0 bridgehead atoms. The molecule has 0 aromatic carbocycles. The summed E-state index contributed by atoms with van der Waals surface area (Å²) in [4.78, 5) is 17.4. The second-order valence-electron chi connectivity index (χ2n) is 5.89. The third-order valence-electron chi connectivity index (χ3n) is 4.12. The van der Waals surface area contributed by atoms with E-state index in [0.717, 1.165) is 5.56 Å². The normalized spacial score (nSPS) is 11.2. The lowest BCUT2D eigenvalue weighted by Gasteiger charge is -2.09. The molecule has 0 unspecified atom stereocenters. The van der Waals surface area contributed by atoms with E-state index < -0.39 is 0 Å². The number of carbonyl (C=O) groups excluding carboxylic acids is 1. The third-order valence-corrected chi connectivity index (χ3v) is 4.12. The van der Waals surface area contributed by atoms with Crippen molar-refractivity contribution in [2.75, 3.05) is 5.32 Å². The van der Waals surface area contributed by atoms with Crippen LogP contribution in [0.2, 0.25) is 0 Å². The summed E-state index contributed by atoms with van der Waals surface area (Å²) in [5, 5.41) is 15.8. The second kappa shape index (κ2) is 6.10. The van der Waals surface area contributed by atoms with Crippen LogP contribution in [-0.2, 0) is 13.6 Å². The maximum atomic E-state index is 13.0. The van der Waals surface area contributed by atoms with Crippen molar-refractivity contribution in [1.82, 2.24) is 29.7 Å². The number of nitrogens with one attached hydrogen (secondary N) is 1. The van der Waals surface area contributed by atoms with Crippen LogP contribution in [0.15, 0.2) is 35.2 Å². The van der Waals surface area contributed by atoms with Crippen molar-refractivity contribution in [3.8, 4) is 11.3 Å².